The molecule has 3 heterocycles. The van der Waals surface area contributed by atoms with Gasteiger partial charge in [-0.2, -0.15) is 39.5 Å². The second kappa shape index (κ2) is 22.0. The Morgan fingerprint density at radius 3 is 1.59 bits per heavy atom. The number of Topliss-reactive ketones (excluding diaryl/α,β-unsaturated/α-hetero) is 3. The highest BCUT2D eigenvalue weighted by Gasteiger charge is 2.38. The Morgan fingerprint density at radius 2 is 1.04 bits per heavy atom. The SMILES string of the molecule is O=C1/C(=C/c2ncccc2C(F)(F)F)Cc2cc(CO)ccc21.O=C1CCc2cc(CO)ccc21.O=C1c2ccc(CO)cc2CC1Cc1ncccc1C(F)(F)F.O=Cc1ncccc1C(F)(F)F. The summed E-state index contributed by atoms with van der Waals surface area (Å²) in [5, 5.41) is 27.1. The molecule has 3 N–H and O–H groups in total. The molecule has 3 aliphatic carbocycles. The maximum absolute atomic E-state index is 13.0. The lowest BCUT2D eigenvalue weighted by molar-refractivity contribution is -0.139. The third kappa shape index (κ3) is 12.5. The fourth-order valence-corrected chi connectivity index (χ4v) is 7.97. The lowest BCUT2D eigenvalue weighted by atomic mass is 9.96. The van der Waals surface area contributed by atoms with E-state index in [2.05, 4.69) is 15.0 Å². The van der Waals surface area contributed by atoms with Crippen LogP contribution in [0.4, 0.5) is 39.5 Å². The third-order valence-electron chi connectivity index (χ3n) is 11.3. The highest BCUT2D eigenvalue weighted by Crippen LogP contribution is 2.37. The number of hydrogen-bond donors (Lipinski definition) is 3. The zero-order chi connectivity index (χ0) is 51.0. The number of aryl methyl sites for hydroxylation is 1. The van der Waals surface area contributed by atoms with Gasteiger partial charge in [0.1, 0.15) is 5.69 Å². The number of carbonyl (C=O) groups excluding carboxylic acids is 4. The smallest absolute Gasteiger partial charge is 0.392 e. The average Bonchev–Trinajstić information content (AvgIpc) is 3.98. The van der Waals surface area contributed by atoms with Crippen molar-refractivity contribution in [3.63, 3.8) is 0 Å². The Labute approximate surface area is 393 Å². The summed E-state index contributed by atoms with van der Waals surface area (Å²) < 4.78 is 114. The van der Waals surface area contributed by atoms with Crippen molar-refractivity contribution in [1.82, 2.24) is 15.0 Å². The Kier molecular flexibility index (Phi) is 16.4. The number of aldehydes is 1. The molecule has 70 heavy (non-hydrogen) atoms. The van der Waals surface area contributed by atoms with Gasteiger partial charge < -0.3 is 15.3 Å². The van der Waals surface area contributed by atoms with Crippen LogP contribution in [0.15, 0.2) is 115 Å². The van der Waals surface area contributed by atoms with Crippen LogP contribution in [0.3, 0.4) is 0 Å². The molecule has 6 aromatic rings. The van der Waals surface area contributed by atoms with Crippen molar-refractivity contribution in [3.05, 3.63) is 199 Å². The maximum atomic E-state index is 13.0. The van der Waals surface area contributed by atoms with Gasteiger partial charge in [0.2, 0.25) is 0 Å². The molecule has 0 saturated carbocycles. The third-order valence-corrected chi connectivity index (χ3v) is 11.3. The minimum Gasteiger partial charge on any atom is -0.392 e. The molecule has 364 valence electrons. The van der Waals surface area contributed by atoms with Crippen molar-refractivity contribution in [1.29, 1.82) is 0 Å². The summed E-state index contributed by atoms with van der Waals surface area (Å²) in [4.78, 5) is 56.9. The number of aliphatic hydroxyl groups excluding tert-OH is 3. The van der Waals surface area contributed by atoms with E-state index in [1.165, 1.54) is 30.6 Å². The van der Waals surface area contributed by atoms with Crippen molar-refractivity contribution in [2.75, 3.05) is 0 Å². The monoisotopic (exact) mass is 977 g/mol. The average molecular weight is 978 g/mol. The molecule has 0 spiro atoms. The molecule has 19 heteroatoms. The standard InChI is InChI=1S/C17H14F3NO2.C17H12F3NO2.C10H10O2.C7H4F3NO/c2*18-17(19,20)14-2-1-5-21-15(14)8-12-7-11-6-10(9-22)3-4-13(11)16(12)23;11-6-7-1-3-9-8(5-7)2-4-10(9)12;8-7(9,10)5-2-1-3-11-6(5)4-12/h1-6,12,22H,7-9H2;1-6,8,22H,7,9H2;1,3,5,11H,2,4,6H2;1-4H/b;12-8+;;. The van der Waals surface area contributed by atoms with E-state index in [9.17, 15) is 58.7 Å². The molecule has 3 aromatic carbocycles. The van der Waals surface area contributed by atoms with Crippen LogP contribution in [-0.2, 0) is 64.0 Å². The topological polar surface area (TPSA) is 168 Å². The van der Waals surface area contributed by atoms with Crippen molar-refractivity contribution in [3.8, 4) is 0 Å². The predicted octanol–water partition coefficient (Wildman–Crippen LogP) is 9.83. The van der Waals surface area contributed by atoms with E-state index in [-0.39, 0.29) is 73.3 Å². The first-order valence-electron chi connectivity index (χ1n) is 21.2. The number of pyridine rings is 3. The molecule has 0 radical (unpaired) electrons. The summed E-state index contributed by atoms with van der Waals surface area (Å²) in [6, 6.07) is 21.8. The van der Waals surface area contributed by atoms with Crippen molar-refractivity contribution in [2.24, 2.45) is 5.92 Å². The fraction of sp³-hybridized carbons (Fsp3) is 0.235. The van der Waals surface area contributed by atoms with Gasteiger partial charge >= 0.3 is 18.5 Å². The molecule has 3 aromatic heterocycles. The second-order valence-corrected chi connectivity index (χ2v) is 16.0. The van der Waals surface area contributed by atoms with Crippen LogP contribution in [0.5, 0.6) is 0 Å². The van der Waals surface area contributed by atoms with Crippen LogP contribution in [0.25, 0.3) is 6.08 Å². The van der Waals surface area contributed by atoms with Crippen LogP contribution in [0, 0.1) is 5.92 Å². The molecule has 10 nitrogen and oxygen atoms in total. The summed E-state index contributed by atoms with van der Waals surface area (Å²) in [6.07, 6.45) is -6.51. The molecule has 0 fully saturated rings. The van der Waals surface area contributed by atoms with Crippen LogP contribution < -0.4 is 0 Å². The summed E-state index contributed by atoms with van der Waals surface area (Å²) in [7, 11) is 0. The number of rotatable bonds is 7. The van der Waals surface area contributed by atoms with Gasteiger partial charge in [-0.15, -0.1) is 0 Å². The van der Waals surface area contributed by atoms with E-state index >= 15 is 0 Å². The van der Waals surface area contributed by atoms with E-state index in [0.717, 1.165) is 59.1 Å². The van der Waals surface area contributed by atoms with E-state index < -0.39 is 46.8 Å². The molecule has 1 atom stereocenters. The number of aliphatic hydroxyl groups is 3. The second-order valence-electron chi connectivity index (χ2n) is 16.0. The van der Waals surface area contributed by atoms with Crippen LogP contribution >= 0.6 is 0 Å². The Hall–Kier alpha value is -7.22. The lowest BCUT2D eigenvalue weighted by Crippen LogP contribution is -2.17. The van der Waals surface area contributed by atoms with Gasteiger partial charge in [0, 0.05) is 66.0 Å². The molecule has 0 amide bonds. The predicted molar refractivity (Wildman–Crippen MR) is 234 cm³/mol. The Morgan fingerprint density at radius 1 is 0.557 bits per heavy atom. The number of carbonyl (C=O) groups is 4. The zero-order valence-electron chi connectivity index (χ0n) is 36.5. The number of alkyl halides is 9. The lowest BCUT2D eigenvalue weighted by Gasteiger charge is -2.13. The number of fused-ring (bicyclic) bond motifs is 3. The number of allylic oxidation sites excluding steroid dienone is 1. The number of nitrogens with zero attached hydrogens (tertiary/aromatic N) is 3. The van der Waals surface area contributed by atoms with Crippen LogP contribution in [0.2, 0.25) is 0 Å². The quantitative estimate of drug-likeness (QED) is 0.0796. The minimum atomic E-state index is -4.53. The fourth-order valence-electron chi connectivity index (χ4n) is 7.97. The van der Waals surface area contributed by atoms with E-state index in [0.29, 0.717) is 40.7 Å². The molecule has 0 aliphatic heterocycles. The normalized spacial score (nSPS) is 15.5. The Bertz CT molecular complexity index is 2950. The van der Waals surface area contributed by atoms with Gasteiger partial charge in [-0.05, 0) is 88.7 Å². The maximum Gasteiger partial charge on any atom is 0.418 e. The van der Waals surface area contributed by atoms with Gasteiger partial charge in [0.15, 0.2) is 23.6 Å². The van der Waals surface area contributed by atoms with E-state index in [1.807, 2.05) is 18.2 Å². The van der Waals surface area contributed by atoms with Gasteiger partial charge in [0.25, 0.3) is 0 Å². The van der Waals surface area contributed by atoms with Gasteiger partial charge in [-0.25, -0.2) is 0 Å². The van der Waals surface area contributed by atoms with Gasteiger partial charge in [0.05, 0.1) is 47.9 Å². The van der Waals surface area contributed by atoms with Crippen LogP contribution in [-0.4, -0.2) is 53.9 Å². The molecule has 0 bridgehead atoms. The number of hydrogen-bond acceptors (Lipinski definition) is 10. The molecule has 1 unspecified atom stereocenters. The van der Waals surface area contributed by atoms with Gasteiger partial charge in [-0.1, -0.05) is 54.6 Å². The summed E-state index contributed by atoms with van der Waals surface area (Å²) in [5.41, 5.74) is 3.28. The summed E-state index contributed by atoms with van der Waals surface area (Å²) in [5.74, 6) is -0.782. The highest BCUT2D eigenvalue weighted by atomic mass is 19.4. The van der Waals surface area contributed by atoms with Gasteiger partial charge in [-0.3, -0.25) is 34.1 Å². The molecule has 3 aliphatic rings. The van der Waals surface area contributed by atoms with Crippen LogP contribution in [0.1, 0.15) is 109 Å². The highest BCUT2D eigenvalue weighted by molar-refractivity contribution is 6.15. The summed E-state index contributed by atoms with van der Waals surface area (Å²) >= 11 is 0. The molecular weight excluding hydrogens is 938 g/mol. The largest absolute Gasteiger partial charge is 0.418 e. The van der Waals surface area contributed by atoms with E-state index in [1.54, 1.807) is 36.4 Å². The van der Waals surface area contributed by atoms with Crippen molar-refractivity contribution >= 4 is 29.7 Å². The van der Waals surface area contributed by atoms with E-state index in [4.69, 9.17) is 15.3 Å². The molecular formula is C51H40F9N3O7. The molecule has 9 rings (SSSR count). The number of halogens is 9. The first-order chi connectivity index (χ1) is 33.2. The first kappa shape index (κ1) is 52.2. The van der Waals surface area contributed by atoms with Crippen molar-refractivity contribution < 1.29 is 74.0 Å². The zero-order valence-corrected chi connectivity index (χ0v) is 36.5. The Balaban J connectivity index is 0.000000160. The van der Waals surface area contributed by atoms with Crippen molar-refractivity contribution in [2.45, 2.75) is 70.5 Å². The number of benzene rings is 3. The molecule has 0 saturated heterocycles. The first-order valence-corrected chi connectivity index (χ1v) is 21.2. The minimum absolute atomic E-state index is 0.0440. The number of ketones is 3. The summed E-state index contributed by atoms with van der Waals surface area (Å²) in [6.45, 7) is -0.231. The number of aromatic nitrogens is 3.